The molecule has 2 heterocycles. The smallest absolute Gasteiger partial charge is 0.319 e. The van der Waals surface area contributed by atoms with E-state index in [2.05, 4.69) is 15.5 Å². The largest absolute Gasteiger partial charge is 0.408 e. The fourth-order valence-electron chi connectivity index (χ4n) is 1.76. The minimum Gasteiger partial charge on any atom is -0.408 e. The van der Waals surface area contributed by atoms with Crippen molar-refractivity contribution in [3.8, 4) is 0 Å². The van der Waals surface area contributed by atoms with Crippen molar-refractivity contribution in [2.75, 3.05) is 37.6 Å². The zero-order valence-electron chi connectivity index (χ0n) is 10.1. The summed E-state index contributed by atoms with van der Waals surface area (Å²) in [6.45, 7) is 1.38. The van der Waals surface area contributed by atoms with Crippen molar-refractivity contribution in [2.45, 2.75) is 12.5 Å². The van der Waals surface area contributed by atoms with Gasteiger partial charge in [-0.2, -0.15) is 0 Å². The van der Waals surface area contributed by atoms with E-state index in [9.17, 15) is 4.79 Å². The lowest BCUT2D eigenvalue weighted by Crippen LogP contribution is -2.53. The van der Waals surface area contributed by atoms with Gasteiger partial charge >= 0.3 is 6.01 Å². The van der Waals surface area contributed by atoms with Crippen LogP contribution < -0.4 is 10.2 Å². The second-order valence-electron chi connectivity index (χ2n) is 3.82. The highest BCUT2D eigenvalue weighted by atomic mass is 35.5. The van der Waals surface area contributed by atoms with Gasteiger partial charge in [-0.15, -0.1) is 16.7 Å². The molecule has 1 unspecified atom stereocenters. The maximum atomic E-state index is 11.7. The summed E-state index contributed by atoms with van der Waals surface area (Å²) in [7, 11) is 1.59. The van der Waals surface area contributed by atoms with Crippen LogP contribution in [0.1, 0.15) is 5.89 Å². The van der Waals surface area contributed by atoms with E-state index < -0.39 is 6.04 Å². The van der Waals surface area contributed by atoms with E-state index in [0.29, 0.717) is 44.0 Å². The second-order valence-corrected chi connectivity index (χ2v) is 4.19. The van der Waals surface area contributed by atoms with Crippen molar-refractivity contribution in [1.29, 1.82) is 0 Å². The summed E-state index contributed by atoms with van der Waals surface area (Å²) in [4.78, 5) is 13.5. The van der Waals surface area contributed by atoms with E-state index >= 15 is 0 Å². The number of hydrogen-bond donors (Lipinski definition) is 1. The number of aryl methyl sites for hydroxylation is 1. The van der Waals surface area contributed by atoms with Crippen LogP contribution in [0.4, 0.5) is 6.01 Å². The van der Waals surface area contributed by atoms with Gasteiger partial charge in [0.15, 0.2) is 0 Å². The van der Waals surface area contributed by atoms with E-state index in [1.165, 1.54) is 0 Å². The van der Waals surface area contributed by atoms with Crippen LogP contribution in [0.5, 0.6) is 0 Å². The Bertz CT molecular complexity index is 412. The molecule has 1 saturated heterocycles. The predicted molar refractivity (Wildman–Crippen MR) is 64.7 cm³/mol. The lowest BCUT2D eigenvalue weighted by Gasteiger charge is -2.32. The number of likely N-dealkylation sites (N-methyl/N-ethyl adjacent to an activating group) is 1. The number of carbonyl (C=O) groups is 1. The summed E-state index contributed by atoms with van der Waals surface area (Å²) in [6.07, 6.45) is 0.517. The maximum absolute atomic E-state index is 11.7. The number of rotatable bonds is 4. The molecule has 0 aliphatic carbocycles. The predicted octanol–water partition coefficient (Wildman–Crippen LogP) is -0.198. The molecule has 1 fully saturated rings. The topological polar surface area (TPSA) is 80.5 Å². The van der Waals surface area contributed by atoms with Crippen LogP contribution >= 0.6 is 11.6 Å². The second kappa shape index (κ2) is 6.01. The number of nitrogens with one attached hydrogen (secondary N) is 1. The summed E-state index contributed by atoms with van der Waals surface area (Å²) < 4.78 is 10.8. The Hall–Kier alpha value is -1.34. The van der Waals surface area contributed by atoms with Gasteiger partial charge in [-0.3, -0.25) is 4.79 Å². The first-order valence-electron chi connectivity index (χ1n) is 5.70. The third-order valence-corrected chi connectivity index (χ3v) is 2.88. The molecule has 1 aromatic rings. The summed E-state index contributed by atoms with van der Waals surface area (Å²) in [5.41, 5.74) is 0. The number of halogens is 1. The van der Waals surface area contributed by atoms with Gasteiger partial charge in [0.2, 0.25) is 11.8 Å². The molecule has 1 aromatic heterocycles. The minimum atomic E-state index is -0.437. The molecular weight excluding hydrogens is 260 g/mol. The molecule has 18 heavy (non-hydrogen) atoms. The normalized spacial score (nSPS) is 19.9. The van der Waals surface area contributed by atoms with Crippen LogP contribution in [-0.4, -0.2) is 54.8 Å². The van der Waals surface area contributed by atoms with Crippen molar-refractivity contribution in [1.82, 2.24) is 15.5 Å². The first-order valence-corrected chi connectivity index (χ1v) is 6.24. The zero-order valence-corrected chi connectivity index (χ0v) is 10.8. The van der Waals surface area contributed by atoms with Crippen LogP contribution in [0.2, 0.25) is 0 Å². The number of amides is 1. The first-order chi connectivity index (χ1) is 8.76. The van der Waals surface area contributed by atoms with Crippen molar-refractivity contribution in [2.24, 2.45) is 0 Å². The molecule has 100 valence electrons. The van der Waals surface area contributed by atoms with E-state index in [1.807, 2.05) is 0 Å². The molecule has 8 heteroatoms. The third-order valence-electron chi connectivity index (χ3n) is 2.69. The van der Waals surface area contributed by atoms with Gasteiger partial charge < -0.3 is 19.4 Å². The summed E-state index contributed by atoms with van der Waals surface area (Å²) in [5, 5.41) is 10.4. The van der Waals surface area contributed by atoms with Crippen LogP contribution in [0.3, 0.4) is 0 Å². The van der Waals surface area contributed by atoms with Gasteiger partial charge in [0.25, 0.3) is 0 Å². The van der Waals surface area contributed by atoms with Gasteiger partial charge in [-0.25, -0.2) is 0 Å². The minimum absolute atomic E-state index is 0.133. The van der Waals surface area contributed by atoms with Crippen LogP contribution in [0.25, 0.3) is 0 Å². The number of carbonyl (C=O) groups excluding carboxylic acids is 1. The van der Waals surface area contributed by atoms with Gasteiger partial charge in [0, 0.05) is 25.9 Å². The molecule has 0 radical (unpaired) electrons. The third kappa shape index (κ3) is 2.73. The highest BCUT2D eigenvalue weighted by Gasteiger charge is 2.32. The maximum Gasteiger partial charge on any atom is 0.319 e. The Morgan fingerprint density at radius 2 is 2.44 bits per heavy atom. The average Bonchev–Trinajstić information content (AvgIpc) is 2.87. The summed E-state index contributed by atoms with van der Waals surface area (Å²) in [5.74, 6) is 0.762. The van der Waals surface area contributed by atoms with E-state index in [-0.39, 0.29) is 5.91 Å². The average molecular weight is 275 g/mol. The van der Waals surface area contributed by atoms with Gasteiger partial charge in [-0.05, 0) is 0 Å². The number of alkyl halides is 1. The fourth-order valence-corrected chi connectivity index (χ4v) is 1.92. The highest BCUT2D eigenvalue weighted by molar-refractivity contribution is 6.17. The van der Waals surface area contributed by atoms with Crippen LogP contribution in [0, 0.1) is 0 Å². The molecule has 0 aromatic carbocycles. The SMILES string of the molecule is CNC(=O)C1COCCN1c1nnc(CCCl)o1. The number of aromatic nitrogens is 2. The number of anilines is 1. The Labute approximate surface area is 109 Å². The monoisotopic (exact) mass is 274 g/mol. The molecule has 0 saturated carbocycles. The van der Waals surface area contributed by atoms with Gasteiger partial charge in [-0.1, -0.05) is 5.10 Å². The molecule has 1 atom stereocenters. The van der Waals surface area contributed by atoms with E-state index in [1.54, 1.807) is 11.9 Å². The summed E-state index contributed by atoms with van der Waals surface area (Å²) >= 11 is 5.61. The lowest BCUT2D eigenvalue weighted by atomic mass is 10.2. The quantitative estimate of drug-likeness (QED) is 0.766. The standard InChI is InChI=1S/C10H15ClN4O3/c1-12-9(16)7-6-17-5-4-15(7)10-14-13-8(18-10)2-3-11/h7H,2-6H2,1H3,(H,12,16). The van der Waals surface area contributed by atoms with E-state index in [4.69, 9.17) is 20.8 Å². The highest BCUT2D eigenvalue weighted by Crippen LogP contribution is 2.18. The lowest BCUT2D eigenvalue weighted by molar-refractivity contribution is -0.124. The van der Waals surface area contributed by atoms with Gasteiger partial charge in [0.1, 0.15) is 6.04 Å². The van der Waals surface area contributed by atoms with Gasteiger partial charge in [0.05, 0.1) is 13.2 Å². The van der Waals surface area contributed by atoms with Crippen molar-refractivity contribution >= 4 is 23.5 Å². The number of ether oxygens (including phenoxy) is 1. The molecule has 1 aliphatic heterocycles. The molecule has 7 nitrogen and oxygen atoms in total. The Balaban J connectivity index is 2.14. The van der Waals surface area contributed by atoms with Crippen molar-refractivity contribution < 1.29 is 13.9 Å². The zero-order chi connectivity index (χ0) is 13.0. The van der Waals surface area contributed by atoms with E-state index in [0.717, 1.165) is 0 Å². The molecule has 0 bridgehead atoms. The molecule has 1 amide bonds. The molecule has 0 spiro atoms. The van der Waals surface area contributed by atoms with Crippen molar-refractivity contribution in [3.05, 3.63) is 5.89 Å². The molecule has 1 N–H and O–H groups in total. The molecule has 1 aliphatic rings. The first kappa shape index (κ1) is 13.1. The number of hydrogen-bond acceptors (Lipinski definition) is 6. The Morgan fingerprint density at radius 1 is 1.61 bits per heavy atom. The van der Waals surface area contributed by atoms with Crippen molar-refractivity contribution in [3.63, 3.8) is 0 Å². The Morgan fingerprint density at radius 3 is 3.17 bits per heavy atom. The molecular formula is C10H15ClN4O3. The Kier molecular flexibility index (Phi) is 4.38. The fraction of sp³-hybridized carbons (Fsp3) is 0.700. The summed E-state index contributed by atoms with van der Waals surface area (Å²) in [6, 6.07) is -0.0972. The van der Waals surface area contributed by atoms with Crippen LogP contribution in [-0.2, 0) is 16.0 Å². The molecule has 2 rings (SSSR count). The van der Waals surface area contributed by atoms with Crippen LogP contribution in [0.15, 0.2) is 4.42 Å². The number of nitrogens with zero attached hydrogens (tertiary/aromatic N) is 3. The number of morpholine rings is 1.